The molecule has 1 saturated heterocycles. The van der Waals surface area contributed by atoms with Gasteiger partial charge in [0.05, 0.1) is 21.5 Å². The molecule has 1 unspecified atom stereocenters. The molecular formula is C23H31N5O2S. The minimum absolute atomic E-state index is 0.211. The fourth-order valence-electron chi connectivity index (χ4n) is 3.84. The number of aryl methyl sites for hydroxylation is 1. The Bertz CT molecular complexity index is 966. The molecule has 0 amide bonds. The molecule has 0 spiro atoms. The summed E-state index contributed by atoms with van der Waals surface area (Å²) in [6, 6.07) is 8.50. The lowest BCUT2D eigenvalue weighted by atomic mass is 10.0. The lowest BCUT2D eigenvalue weighted by Gasteiger charge is -2.24. The van der Waals surface area contributed by atoms with Crippen molar-refractivity contribution < 1.29 is 9.84 Å². The van der Waals surface area contributed by atoms with E-state index in [1.807, 2.05) is 25.1 Å². The molecule has 1 aliphatic rings. The summed E-state index contributed by atoms with van der Waals surface area (Å²) >= 11 is 1.66. The SMILES string of the molecule is CCC(CO)CCNc1nc(NC2CCOCC2)nc(C)c1-c1nc2ccccc2s1. The van der Waals surface area contributed by atoms with Gasteiger partial charge in [-0.1, -0.05) is 25.5 Å². The maximum atomic E-state index is 9.53. The summed E-state index contributed by atoms with van der Waals surface area (Å²) in [7, 11) is 0. The number of aliphatic hydroxyl groups is 1. The van der Waals surface area contributed by atoms with Crippen molar-refractivity contribution in [2.45, 2.75) is 45.6 Å². The number of ether oxygens (including phenoxy) is 1. The van der Waals surface area contributed by atoms with Crippen LogP contribution in [0, 0.1) is 12.8 Å². The number of nitrogens with one attached hydrogen (secondary N) is 2. The van der Waals surface area contributed by atoms with Crippen molar-refractivity contribution >= 4 is 33.3 Å². The van der Waals surface area contributed by atoms with E-state index in [0.717, 1.165) is 77.7 Å². The number of thiazole rings is 1. The molecule has 3 N–H and O–H groups in total. The van der Waals surface area contributed by atoms with Crippen molar-refractivity contribution in [3.05, 3.63) is 30.0 Å². The summed E-state index contributed by atoms with van der Waals surface area (Å²) in [6.45, 7) is 6.62. The van der Waals surface area contributed by atoms with Gasteiger partial charge < -0.3 is 20.5 Å². The number of benzene rings is 1. The predicted molar refractivity (Wildman–Crippen MR) is 127 cm³/mol. The summed E-state index contributed by atoms with van der Waals surface area (Å²) < 4.78 is 6.62. The summed E-state index contributed by atoms with van der Waals surface area (Å²) in [5, 5.41) is 17.5. The quantitative estimate of drug-likeness (QED) is 0.451. The second-order valence-corrected chi connectivity index (χ2v) is 9.08. The summed E-state index contributed by atoms with van der Waals surface area (Å²) in [6.07, 6.45) is 3.76. The third-order valence-electron chi connectivity index (χ3n) is 5.83. The summed E-state index contributed by atoms with van der Waals surface area (Å²) in [4.78, 5) is 14.5. The minimum atomic E-state index is 0.211. The number of para-hydroxylation sites is 1. The molecular weight excluding hydrogens is 410 g/mol. The van der Waals surface area contributed by atoms with Crippen molar-refractivity contribution in [2.24, 2.45) is 5.92 Å². The zero-order chi connectivity index (χ0) is 21.6. The maximum Gasteiger partial charge on any atom is 0.225 e. The van der Waals surface area contributed by atoms with E-state index in [1.54, 1.807) is 11.3 Å². The van der Waals surface area contributed by atoms with Crippen LogP contribution in [0.25, 0.3) is 20.8 Å². The van der Waals surface area contributed by atoms with E-state index in [-0.39, 0.29) is 6.61 Å². The maximum absolute atomic E-state index is 9.53. The predicted octanol–water partition coefficient (Wildman–Crippen LogP) is 4.47. The largest absolute Gasteiger partial charge is 0.396 e. The Morgan fingerprint density at radius 2 is 2.00 bits per heavy atom. The van der Waals surface area contributed by atoms with Crippen LogP contribution in [0.3, 0.4) is 0 Å². The average molecular weight is 442 g/mol. The molecule has 0 bridgehead atoms. The van der Waals surface area contributed by atoms with Crippen molar-refractivity contribution in [1.29, 1.82) is 0 Å². The fourth-order valence-corrected chi connectivity index (χ4v) is 4.91. The number of nitrogens with zero attached hydrogens (tertiary/aromatic N) is 3. The van der Waals surface area contributed by atoms with Crippen LogP contribution in [0.15, 0.2) is 24.3 Å². The summed E-state index contributed by atoms with van der Waals surface area (Å²) in [5.74, 6) is 1.74. The molecule has 7 nitrogen and oxygen atoms in total. The highest BCUT2D eigenvalue weighted by molar-refractivity contribution is 7.21. The molecule has 1 fully saturated rings. The molecule has 1 aromatic carbocycles. The van der Waals surface area contributed by atoms with E-state index in [4.69, 9.17) is 19.7 Å². The van der Waals surface area contributed by atoms with E-state index in [2.05, 4.69) is 23.6 Å². The van der Waals surface area contributed by atoms with Gasteiger partial charge in [0.1, 0.15) is 10.8 Å². The van der Waals surface area contributed by atoms with Crippen LogP contribution in [0.5, 0.6) is 0 Å². The number of hydrogen-bond donors (Lipinski definition) is 3. The normalized spacial score (nSPS) is 15.8. The number of fused-ring (bicyclic) bond motifs is 1. The first-order valence-corrected chi connectivity index (χ1v) is 11.9. The molecule has 0 saturated carbocycles. The number of aliphatic hydroxyl groups excluding tert-OH is 1. The van der Waals surface area contributed by atoms with Crippen LogP contribution in [0.2, 0.25) is 0 Å². The zero-order valence-electron chi connectivity index (χ0n) is 18.2. The van der Waals surface area contributed by atoms with E-state index in [9.17, 15) is 5.11 Å². The lowest BCUT2D eigenvalue weighted by molar-refractivity contribution is 0.0903. The van der Waals surface area contributed by atoms with E-state index >= 15 is 0 Å². The Hall–Kier alpha value is -2.29. The van der Waals surface area contributed by atoms with Gasteiger partial charge in [-0.2, -0.15) is 4.98 Å². The van der Waals surface area contributed by atoms with Gasteiger partial charge >= 0.3 is 0 Å². The van der Waals surface area contributed by atoms with Gasteiger partial charge in [-0.15, -0.1) is 11.3 Å². The highest BCUT2D eigenvalue weighted by atomic mass is 32.1. The fraction of sp³-hybridized carbons (Fsp3) is 0.522. The second-order valence-electron chi connectivity index (χ2n) is 8.05. The number of aromatic nitrogens is 3. The monoisotopic (exact) mass is 441 g/mol. The summed E-state index contributed by atoms with van der Waals surface area (Å²) in [5.41, 5.74) is 2.85. The smallest absolute Gasteiger partial charge is 0.225 e. The van der Waals surface area contributed by atoms with E-state index < -0.39 is 0 Å². The van der Waals surface area contributed by atoms with Crippen LogP contribution in [0.1, 0.15) is 38.3 Å². The number of anilines is 2. The Morgan fingerprint density at radius 1 is 1.19 bits per heavy atom. The molecule has 3 aromatic rings. The van der Waals surface area contributed by atoms with Crippen LogP contribution in [-0.2, 0) is 4.74 Å². The average Bonchev–Trinajstić information content (AvgIpc) is 3.21. The van der Waals surface area contributed by atoms with Crippen LogP contribution >= 0.6 is 11.3 Å². The first kappa shape index (κ1) is 21.9. The Morgan fingerprint density at radius 3 is 2.74 bits per heavy atom. The molecule has 1 aliphatic heterocycles. The van der Waals surface area contributed by atoms with Gasteiger partial charge in [0, 0.05) is 32.4 Å². The van der Waals surface area contributed by atoms with E-state index in [1.165, 1.54) is 0 Å². The topological polar surface area (TPSA) is 92.2 Å². The molecule has 8 heteroatoms. The van der Waals surface area contributed by atoms with Crippen molar-refractivity contribution in [3.8, 4) is 10.6 Å². The first-order chi connectivity index (χ1) is 15.2. The van der Waals surface area contributed by atoms with Gasteiger partial charge in [0.2, 0.25) is 5.95 Å². The molecule has 4 rings (SSSR count). The molecule has 1 atom stereocenters. The van der Waals surface area contributed by atoms with E-state index in [0.29, 0.717) is 17.9 Å². The Balaban J connectivity index is 1.64. The molecule has 0 radical (unpaired) electrons. The minimum Gasteiger partial charge on any atom is -0.396 e. The van der Waals surface area contributed by atoms with Gasteiger partial charge in [-0.3, -0.25) is 0 Å². The van der Waals surface area contributed by atoms with Crippen LogP contribution in [-0.4, -0.2) is 52.5 Å². The zero-order valence-corrected chi connectivity index (χ0v) is 19.0. The molecule has 3 heterocycles. The Kier molecular flexibility index (Phi) is 7.32. The van der Waals surface area contributed by atoms with Crippen molar-refractivity contribution in [1.82, 2.24) is 15.0 Å². The number of hydrogen-bond acceptors (Lipinski definition) is 8. The van der Waals surface area contributed by atoms with Crippen molar-refractivity contribution in [2.75, 3.05) is 37.0 Å². The first-order valence-electron chi connectivity index (χ1n) is 11.1. The molecule has 2 aromatic heterocycles. The van der Waals surface area contributed by atoms with Gasteiger partial charge in [0.25, 0.3) is 0 Å². The molecule has 0 aliphatic carbocycles. The molecule has 31 heavy (non-hydrogen) atoms. The van der Waals surface area contributed by atoms with Gasteiger partial charge in [0.15, 0.2) is 0 Å². The third-order valence-corrected chi connectivity index (χ3v) is 6.89. The highest BCUT2D eigenvalue weighted by Gasteiger charge is 2.20. The second kappa shape index (κ2) is 10.3. The third kappa shape index (κ3) is 5.31. The van der Waals surface area contributed by atoms with Crippen molar-refractivity contribution in [3.63, 3.8) is 0 Å². The number of rotatable bonds is 9. The van der Waals surface area contributed by atoms with Gasteiger partial charge in [-0.25, -0.2) is 9.97 Å². The Labute approximate surface area is 187 Å². The molecule has 166 valence electrons. The van der Waals surface area contributed by atoms with Crippen LogP contribution < -0.4 is 10.6 Å². The lowest BCUT2D eigenvalue weighted by Crippen LogP contribution is -2.29. The highest BCUT2D eigenvalue weighted by Crippen LogP contribution is 2.36. The van der Waals surface area contributed by atoms with Gasteiger partial charge in [-0.05, 0) is 44.2 Å². The standard InChI is InChI=1S/C23H31N5O2S/c1-3-16(14-29)8-11-24-21-20(22-27-18-6-4-5-7-19(18)31-22)15(2)25-23(28-21)26-17-9-12-30-13-10-17/h4-7,16-17,29H,3,8-14H2,1-2H3,(H2,24,25,26,28). The van der Waals surface area contributed by atoms with Crippen LogP contribution in [0.4, 0.5) is 11.8 Å².